The number of ether oxygens (including phenoxy) is 1. The number of carbonyl (C=O) groups excluding carboxylic acids is 1. The normalized spacial score (nSPS) is 16.6. The standard InChI is InChI=1S/C15H22ClN3O2S/c1-15(2,3)21-14(20)19-8-6-11(7-9-19)18-22-12-4-5-13(16)17-10-12/h4-5,10-11,18H,6-9H2,1-3H3. The molecule has 1 aromatic heterocycles. The molecule has 5 nitrogen and oxygen atoms in total. The smallest absolute Gasteiger partial charge is 0.410 e. The molecule has 1 amide bonds. The van der Waals surface area contributed by atoms with Crippen molar-refractivity contribution in [2.75, 3.05) is 13.1 Å². The average Bonchev–Trinajstić information content (AvgIpc) is 2.45. The summed E-state index contributed by atoms with van der Waals surface area (Å²) in [4.78, 5) is 18.8. The fraction of sp³-hybridized carbons (Fsp3) is 0.600. The molecule has 0 saturated carbocycles. The molecule has 0 radical (unpaired) electrons. The third-order valence-corrected chi connectivity index (χ3v) is 4.34. The Balaban J connectivity index is 1.73. The number of hydrogen-bond acceptors (Lipinski definition) is 5. The maximum atomic E-state index is 12.0. The van der Waals surface area contributed by atoms with Crippen LogP contribution in [0.5, 0.6) is 0 Å². The van der Waals surface area contributed by atoms with Crippen LogP contribution in [-0.4, -0.2) is 40.7 Å². The Hall–Kier alpha value is -0.980. The zero-order valence-electron chi connectivity index (χ0n) is 13.1. The van der Waals surface area contributed by atoms with Crippen molar-refractivity contribution in [3.63, 3.8) is 0 Å². The van der Waals surface area contributed by atoms with Gasteiger partial charge in [-0.1, -0.05) is 11.6 Å². The van der Waals surface area contributed by atoms with Crippen molar-refractivity contribution in [1.82, 2.24) is 14.6 Å². The van der Waals surface area contributed by atoms with Gasteiger partial charge in [0, 0.05) is 30.2 Å². The number of amides is 1. The molecule has 0 aromatic carbocycles. The lowest BCUT2D eigenvalue weighted by Gasteiger charge is -2.33. The lowest BCUT2D eigenvalue weighted by atomic mass is 10.1. The summed E-state index contributed by atoms with van der Waals surface area (Å²) in [6, 6.07) is 4.08. The minimum atomic E-state index is -0.441. The Morgan fingerprint density at radius 1 is 1.41 bits per heavy atom. The van der Waals surface area contributed by atoms with Crippen LogP contribution >= 0.6 is 23.5 Å². The zero-order chi connectivity index (χ0) is 16.2. The van der Waals surface area contributed by atoms with Gasteiger partial charge in [-0.15, -0.1) is 0 Å². The lowest BCUT2D eigenvalue weighted by Crippen LogP contribution is -2.45. The Morgan fingerprint density at radius 2 is 2.09 bits per heavy atom. The van der Waals surface area contributed by atoms with Gasteiger partial charge in [-0.2, -0.15) is 0 Å². The number of piperidine rings is 1. The van der Waals surface area contributed by atoms with Crippen molar-refractivity contribution in [3.8, 4) is 0 Å². The van der Waals surface area contributed by atoms with Crippen LogP contribution in [-0.2, 0) is 4.74 Å². The molecule has 1 aromatic rings. The summed E-state index contributed by atoms with van der Waals surface area (Å²) < 4.78 is 8.81. The number of aromatic nitrogens is 1. The lowest BCUT2D eigenvalue weighted by molar-refractivity contribution is 0.0204. The van der Waals surface area contributed by atoms with Crippen molar-refractivity contribution in [2.24, 2.45) is 0 Å². The second kappa shape index (κ2) is 7.53. The van der Waals surface area contributed by atoms with Crippen LogP contribution in [0.15, 0.2) is 23.2 Å². The third-order valence-electron chi connectivity index (χ3n) is 3.19. The van der Waals surface area contributed by atoms with Gasteiger partial charge in [0.05, 0.1) is 0 Å². The molecule has 2 heterocycles. The van der Waals surface area contributed by atoms with Gasteiger partial charge in [0.15, 0.2) is 0 Å². The highest BCUT2D eigenvalue weighted by Gasteiger charge is 2.26. The van der Waals surface area contributed by atoms with Gasteiger partial charge in [-0.3, -0.25) is 4.72 Å². The van der Waals surface area contributed by atoms with E-state index in [-0.39, 0.29) is 6.09 Å². The summed E-state index contributed by atoms with van der Waals surface area (Å²) >= 11 is 7.31. The SMILES string of the molecule is CC(C)(C)OC(=O)N1CCC(NSc2ccc(Cl)nc2)CC1. The highest BCUT2D eigenvalue weighted by Crippen LogP contribution is 2.20. The first kappa shape index (κ1) is 17.4. The van der Waals surface area contributed by atoms with E-state index in [0.717, 1.165) is 17.7 Å². The van der Waals surface area contributed by atoms with Gasteiger partial charge >= 0.3 is 6.09 Å². The summed E-state index contributed by atoms with van der Waals surface area (Å²) in [5.41, 5.74) is -0.441. The van der Waals surface area contributed by atoms with E-state index in [1.807, 2.05) is 26.8 Å². The quantitative estimate of drug-likeness (QED) is 0.669. The molecule has 1 fully saturated rings. The van der Waals surface area contributed by atoms with Gasteiger partial charge < -0.3 is 9.64 Å². The van der Waals surface area contributed by atoms with Crippen molar-refractivity contribution in [3.05, 3.63) is 23.5 Å². The van der Waals surface area contributed by atoms with Crippen molar-refractivity contribution in [2.45, 2.75) is 50.2 Å². The molecule has 22 heavy (non-hydrogen) atoms. The Bertz CT molecular complexity index is 497. The van der Waals surface area contributed by atoms with Crippen molar-refractivity contribution in [1.29, 1.82) is 0 Å². The predicted molar refractivity (Wildman–Crippen MR) is 89.1 cm³/mol. The molecule has 0 unspecified atom stereocenters. The molecule has 7 heteroatoms. The minimum absolute atomic E-state index is 0.222. The number of likely N-dealkylation sites (tertiary alicyclic amines) is 1. The number of rotatable bonds is 3. The molecule has 1 N–H and O–H groups in total. The van der Waals surface area contributed by atoms with Crippen LogP contribution in [0.1, 0.15) is 33.6 Å². The second-order valence-corrected chi connectivity index (χ2v) is 7.58. The summed E-state index contributed by atoms with van der Waals surface area (Å²) in [6.45, 7) is 7.08. The maximum absolute atomic E-state index is 12.0. The highest BCUT2D eigenvalue weighted by molar-refractivity contribution is 7.97. The molecular weight excluding hydrogens is 322 g/mol. The molecule has 1 aliphatic heterocycles. The molecule has 2 rings (SSSR count). The highest BCUT2D eigenvalue weighted by atomic mass is 35.5. The Kier molecular flexibility index (Phi) is 5.94. The van der Waals surface area contributed by atoms with E-state index in [2.05, 4.69) is 9.71 Å². The number of hydrogen-bond donors (Lipinski definition) is 1. The zero-order valence-corrected chi connectivity index (χ0v) is 14.7. The van der Waals surface area contributed by atoms with Crippen LogP contribution in [0.3, 0.4) is 0 Å². The topological polar surface area (TPSA) is 54.5 Å². The largest absolute Gasteiger partial charge is 0.444 e. The molecule has 1 aliphatic rings. The van der Waals surface area contributed by atoms with Crippen molar-refractivity contribution < 1.29 is 9.53 Å². The van der Waals surface area contributed by atoms with E-state index in [4.69, 9.17) is 16.3 Å². The predicted octanol–water partition coefficient (Wildman–Crippen LogP) is 3.73. The fourth-order valence-electron chi connectivity index (χ4n) is 2.08. The maximum Gasteiger partial charge on any atom is 0.410 e. The number of pyridine rings is 1. The Labute approximate surface area is 140 Å². The number of halogens is 1. The molecule has 0 spiro atoms. The fourth-order valence-corrected chi connectivity index (χ4v) is 2.97. The van der Waals surface area contributed by atoms with E-state index >= 15 is 0 Å². The molecule has 0 bridgehead atoms. The van der Waals surface area contributed by atoms with Gasteiger partial charge in [0.2, 0.25) is 0 Å². The molecule has 1 saturated heterocycles. The van der Waals surface area contributed by atoms with Crippen LogP contribution in [0.25, 0.3) is 0 Å². The third kappa shape index (κ3) is 5.66. The first-order valence-corrected chi connectivity index (χ1v) is 8.55. The minimum Gasteiger partial charge on any atom is -0.444 e. The Morgan fingerprint density at radius 3 is 2.64 bits per heavy atom. The molecular formula is C15H22ClN3O2S. The van der Waals surface area contributed by atoms with E-state index in [9.17, 15) is 4.79 Å². The average molecular weight is 344 g/mol. The first-order valence-electron chi connectivity index (χ1n) is 7.35. The van der Waals surface area contributed by atoms with Crippen LogP contribution in [0.2, 0.25) is 5.15 Å². The summed E-state index contributed by atoms with van der Waals surface area (Å²) in [6.07, 6.45) is 3.34. The summed E-state index contributed by atoms with van der Waals surface area (Å²) in [7, 11) is 0. The van der Waals surface area contributed by atoms with E-state index in [0.29, 0.717) is 24.3 Å². The van der Waals surface area contributed by atoms with Gasteiger partial charge in [-0.05, 0) is 57.7 Å². The summed E-state index contributed by atoms with van der Waals surface area (Å²) in [5, 5.41) is 0.495. The van der Waals surface area contributed by atoms with Crippen molar-refractivity contribution >= 4 is 29.6 Å². The van der Waals surface area contributed by atoms with Crippen LogP contribution < -0.4 is 4.72 Å². The van der Waals surface area contributed by atoms with Crippen LogP contribution in [0, 0.1) is 0 Å². The number of nitrogens with zero attached hydrogens (tertiary/aromatic N) is 2. The number of carbonyl (C=O) groups is 1. The van der Waals surface area contributed by atoms with E-state index in [1.165, 1.54) is 0 Å². The van der Waals surface area contributed by atoms with Gasteiger partial charge in [0.1, 0.15) is 10.8 Å². The van der Waals surface area contributed by atoms with E-state index < -0.39 is 5.60 Å². The number of nitrogens with one attached hydrogen (secondary N) is 1. The molecule has 0 atom stereocenters. The molecule has 0 aliphatic carbocycles. The van der Waals surface area contributed by atoms with Gasteiger partial charge in [0.25, 0.3) is 0 Å². The monoisotopic (exact) mass is 343 g/mol. The summed E-state index contributed by atoms with van der Waals surface area (Å²) in [5.74, 6) is 0. The van der Waals surface area contributed by atoms with E-state index in [1.54, 1.807) is 29.1 Å². The first-order chi connectivity index (χ1) is 10.3. The van der Waals surface area contributed by atoms with Crippen LogP contribution in [0.4, 0.5) is 4.79 Å². The van der Waals surface area contributed by atoms with Gasteiger partial charge in [-0.25, -0.2) is 9.78 Å². The molecule has 122 valence electrons. The second-order valence-electron chi connectivity index (χ2n) is 6.28.